The molecular weight excluding hydrogens is 240 g/mol. The molecule has 1 amide bonds. The zero-order valence-electron chi connectivity index (χ0n) is 12.2. The molecule has 2 N–H and O–H groups in total. The number of carbonyl (C=O) groups is 1. The Hall–Kier alpha value is -1.55. The van der Waals surface area contributed by atoms with E-state index in [0.717, 1.165) is 17.8 Å². The van der Waals surface area contributed by atoms with Crippen molar-refractivity contribution in [3.05, 3.63) is 29.3 Å². The van der Waals surface area contributed by atoms with E-state index in [4.69, 9.17) is 5.11 Å². The second-order valence-electron chi connectivity index (χ2n) is 4.90. The average molecular weight is 264 g/mol. The maximum atomic E-state index is 12.6. The van der Waals surface area contributed by atoms with Gasteiger partial charge < -0.3 is 15.3 Å². The maximum absolute atomic E-state index is 12.6. The number of benzene rings is 1. The molecule has 4 heteroatoms. The Balaban J connectivity index is 3.11. The van der Waals surface area contributed by atoms with E-state index < -0.39 is 0 Å². The van der Waals surface area contributed by atoms with Crippen molar-refractivity contribution in [2.45, 2.75) is 33.7 Å². The van der Waals surface area contributed by atoms with Crippen molar-refractivity contribution in [1.82, 2.24) is 4.90 Å². The van der Waals surface area contributed by atoms with Gasteiger partial charge in [0, 0.05) is 24.8 Å². The van der Waals surface area contributed by atoms with E-state index in [1.807, 2.05) is 45.9 Å². The van der Waals surface area contributed by atoms with Gasteiger partial charge in [-0.15, -0.1) is 0 Å². The van der Waals surface area contributed by atoms with Crippen LogP contribution in [0.1, 0.15) is 36.7 Å². The van der Waals surface area contributed by atoms with Crippen molar-refractivity contribution in [2.24, 2.45) is 0 Å². The van der Waals surface area contributed by atoms with Crippen molar-refractivity contribution in [3.8, 4) is 0 Å². The summed E-state index contributed by atoms with van der Waals surface area (Å²) >= 11 is 0. The second kappa shape index (κ2) is 7.14. The molecule has 0 aromatic heterocycles. The number of nitrogens with one attached hydrogen (secondary N) is 1. The summed E-state index contributed by atoms with van der Waals surface area (Å²) in [6.07, 6.45) is 0. The first kappa shape index (κ1) is 15.5. The number of hydrogen-bond acceptors (Lipinski definition) is 3. The monoisotopic (exact) mass is 264 g/mol. The van der Waals surface area contributed by atoms with Gasteiger partial charge in [-0.2, -0.15) is 0 Å². The number of aliphatic hydroxyl groups is 1. The third kappa shape index (κ3) is 3.96. The fourth-order valence-electron chi connectivity index (χ4n) is 2.04. The third-order valence-corrected chi connectivity index (χ3v) is 3.00. The highest BCUT2D eigenvalue weighted by molar-refractivity contribution is 6.00. The largest absolute Gasteiger partial charge is 0.395 e. The first-order valence-corrected chi connectivity index (χ1v) is 6.77. The number of amides is 1. The van der Waals surface area contributed by atoms with Gasteiger partial charge in [0.05, 0.1) is 12.2 Å². The highest BCUT2D eigenvalue weighted by Crippen LogP contribution is 2.20. The van der Waals surface area contributed by atoms with Gasteiger partial charge in [0.1, 0.15) is 0 Å². The topological polar surface area (TPSA) is 52.6 Å². The smallest absolute Gasteiger partial charge is 0.256 e. The van der Waals surface area contributed by atoms with Crippen molar-refractivity contribution in [2.75, 3.05) is 25.0 Å². The van der Waals surface area contributed by atoms with Crippen LogP contribution in [0.2, 0.25) is 0 Å². The van der Waals surface area contributed by atoms with Crippen molar-refractivity contribution in [1.29, 1.82) is 0 Å². The molecule has 106 valence electrons. The van der Waals surface area contributed by atoms with Crippen LogP contribution in [-0.2, 0) is 0 Å². The normalized spacial score (nSPS) is 10.6. The Morgan fingerprint density at radius 1 is 1.42 bits per heavy atom. The van der Waals surface area contributed by atoms with Crippen LogP contribution in [0.3, 0.4) is 0 Å². The zero-order valence-corrected chi connectivity index (χ0v) is 12.2. The molecule has 0 heterocycles. The third-order valence-electron chi connectivity index (χ3n) is 3.00. The summed E-state index contributed by atoms with van der Waals surface area (Å²) in [6, 6.07) is 5.88. The predicted molar refractivity (Wildman–Crippen MR) is 78.6 cm³/mol. The minimum Gasteiger partial charge on any atom is -0.395 e. The molecule has 0 spiro atoms. The lowest BCUT2D eigenvalue weighted by Crippen LogP contribution is -2.39. The second-order valence-corrected chi connectivity index (χ2v) is 4.90. The molecule has 0 saturated carbocycles. The molecule has 0 fully saturated rings. The Labute approximate surface area is 115 Å². The molecule has 0 atom stereocenters. The Bertz CT molecular complexity index is 430. The van der Waals surface area contributed by atoms with Crippen molar-refractivity contribution < 1.29 is 9.90 Å². The number of carbonyl (C=O) groups excluding carboxylic acids is 1. The van der Waals surface area contributed by atoms with Crippen LogP contribution in [0, 0.1) is 6.92 Å². The number of hydrogen-bond donors (Lipinski definition) is 2. The summed E-state index contributed by atoms with van der Waals surface area (Å²) in [4.78, 5) is 14.3. The molecule has 1 aromatic rings. The van der Waals surface area contributed by atoms with Crippen LogP contribution in [0.4, 0.5) is 5.69 Å². The Morgan fingerprint density at radius 3 is 2.63 bits per heavy atom. The van der Waals surface area contributed by atoms with Crippen LogP contribution in [-0.4, -0.2) is 41.7 Å². The molecule has 0 aliphatic carbocycles. The molecule has 4 nitrogen and oxygen atoms in total. The summed E-state index contributed by atoms with van der Waals surface area (Å²) in [5.74, 6) is -0.0382. The highest BCUT2D eigenvalue weighted by atomic mass is 16.3. The first-order valence-electron chi connectivity index (χ1n) is 6.77. The lowest BCUT2D eigenvalue weighted by atomic mass is 10.1. The number of nitrogens with zero attached hydrogens (tertiary/aromatic N) is 1. The van der Waals surface area contributed by atoms with Crippen LogP contribution in [0.25, 0.3) is 0 Å². The molecule has 19 heavy (non-hydrogen) atoms. The van der Waals surface area contributed by atoms with Gasteiger partial charge >= 0.3 is 0 Å². The lowest BCUT2D eigenvalue weighted by molar-refractivity contribution is 0.0666. The molecule has 0 bridgehead atoms. The fraction of sp³-hybridized carbons (Fsp3) is 0.533. The molecule has 0 aliphatic rings. The summed E-state index contributed by atoms with van der Waals surface area (Å²) in [6.45, 7) is 8.99. The van der Waals surface area contributed by atoms with Gasteiger partial charge in [-0.05, 0) is 39.8 Å². The fourth-order valence-corrected chi connectivity index (χ4v) is 2.04. The van der Waals surface area contributed by atoms with E-state index in [9.17, 15) is 4.79 Å². The molecule has 1 rings (SSSR count). The first-order chi connectivity index (χ1) is 9.01. The van der Waals surface area contributed by atoms with E-state index in [2.05, 4.69) is 5.32 Å². The molecule has 0 saturated heterocycles. The minimum atomic E-state index is -0.0382. The van der Waals surface area contributed by atoms with Crippen LogP contribution < -0.4 is 5.32 Å². The van der Waals surface area contributed by atoms with Crippen LogP contribution in [0.5, 0.6) is 0 Å². The van der Waals surface area contributed by atoms with E-state index in [-0.39, 0.29) is 18.6 Å². The number of rotatable bonds is 6. The van der Waals surface area contributed by atoms with Crippen LogP contribution >= 0.6 is 0 Å². The summed E-state index contributed by atoms with van der Waals surface area (Å²) in [5.41, 5.74) is 2.57. The van der Waals surface area contributed by atoms with Gasteiger partial charge in [-0.1, -0.05) is 11.6 Å². The molecule has 0 unspecified atom stereocenters. The van der Waals surface area contributed by atoms with Gasteiger partial charge in [-0.3, -0.25) is 4.79 Å². The SMILES string of the molecule is CCNc1ccc(C)cc1C(=O)N(CCO)C(C)C. The predicted octanol–water partition coefficient (Wildman–Crippen LogP) is 2.27. The van der Waals surface area contributed by atoms with Crippen molar-refractivity contribution >= 4 is 11.6 Å². The van der Waals surface area contributed by atoms with Gasteiger partial charge in [-0.25, -0.2) is 0 Å². The van der Waals surface area contributed by atoms with E-state index in [1.54, 1.807) is 4.90 Å². The number of aliphatic hydroxyl groups excluding tert-OH is 1. The maximum Gasteiger partial charge on any atom is 0.256 e. The van der Waals surface area contributed by atoms with Gasteiger partial charge in [0.25, 0.3) is 5.91 Å². The Morgan fingerprint density at radius 2 is 2.11 bits per heavy atom. The summed E-state index contributed by atoms with van der Waals surface area (Å²) < 4.78 is 0. The summed E-state index contributed by atoms with van der Waals surface area (Å²) in [5, 5.41) is 12.3. The van der Waals surface area contributed by atoms with Crippen LogP contribution in [0.15, 0.2) is 18.2 Å². The van der Waals surface area contributed by atoms with Gasteiger partial charge in [0.15, 0.2) is 0 Å². The number of anilines is 1. The molecule has 1 aromatic carbocycles. The molecular formula is C15H24N2O2. The minimum absolute atomic E-state index is 0.0216. The van der Waals surface area contributed by atoms with E-state index in [1.165, 1.54) is 0 Å². The van der Waals surface area contributed by atoms with Gasteiger partial charge in [0.2, 0.25) is 0 Å². The quantitative estimate of drug-likeness (QED) is 0.828. The number of aryl methyl sites for hydroxylation is 1. The van der Waals surface area contributed by atoms with Crippen molar-refractivity contribution in [3.63, 3.8) is 0 Å². The average Bonchev–Trinajstić information content (AvgIpc) is 2.37. The van der Waals surface area contributed by atoms with E-state index >= 15 is 0 Å². The Kier molecular flexibility index (Phi) is 5.83. The molecule has 0 aliphatic heterocycles. The van der Waals surface area contributed by atoms with E-state index in [0.29, 0.717) is 12.1 Å². The standard InChI is InChI=1S/C15H24N2O2/c1-5-16-14-7-6-12(4)10-13(14)15(19)17(8-9-18)11(2)3/h6-7,10-11,16,18H,5,8-9H2,1-4H3. The molecule has 0 radical (unpaired) electrons. The summed E-state index contributed by atoms with van der Waals surface area (Å²) in [7, 11) is 0. The zero-order chi connectivity index (χ0) is 14.4. The highest BCUT2D eigenvalue weighted by Gasteiger charge is 2.20. The lowest BCUT2D eigenvalue weighted by Gasteiger charge is -2.27.